The number of aliphatic imine (C=N–C) groups is 1. The lowest BCUT2D eigenvalue weighted by molar-refractivity contribution is -0.274. The number of piperazine rings is 1. The summed E-state index contributed by atoms with van der Waals surface area (Å²) in [5.74, 6) is 0.0272. The zero-order chi connectivity index (χ0) is 21.0. The van der Waals surface area contributed by atoms with Crippen molar-refractivity contribution in [2.45, 2.75) is 12.9 Å². The van der Waals surface area contributed by atoms with Gasteiger partial charge in [-0.05, 0) is 6.07 Å². The number of ether oxygens (including phenoxy) is 1. The number of anilines is 1. The maximum atomic E-state index is 12.6. The number of nitrogens with one attached hydrogen (secondary N) is 1. The van der Waals surface area contributed by atoms with Crippen molar-refractivity contribution < 1.29 is 22.7 Å². The van der Waals surface area contributed by atoms with Crippen LogP contribution in [0.5, 0.6) is 5.75 Å². The number of rotatable bonds is 4. The van der Waals surface area contributed by atoms with E-state index in [2.05, 4.69) is 20.1 Å². The molecular formula is C18H21F3N6O2. The smallest absolute Gasteiger partial charge is 0.405 e. The van der Waals surface area contributed by atoms with Crippen molar-refractivity contribution >= 4 is 17.6 Å². The van der Waals surface area contributed by atoms with Crippen molar-refractivity contribution in [2.75, 3.05) is 31.6 Å². The molecule has 0 unspecified atom stereocenters. The fraction of sp³-hybridized carbons (Fsp3) is 0.389. The third kappa shape index (κ3) is 5.18. The van der Waals surface area contributed by atoms with Gasteiger partial charge in [0.05, 0.1) is 11.9 Å². The van der Waals surface area contributed by atoms with Gasteiger partial charge in [-0.15, -0.1) is 13.2 Å². The zero-order valence-corrected chi connectivity index (χ0v) is 16.0. The highest BCUT2D eigenvalue weighted by Gasteiger charge is 2.32. The predicted octanol–water partition coefficient (Wildman–Crippen LogP) is 1.74. The molecule has 0 radical (unpaired) electrons. The molecule has 1 aliphatic heterocycles. The molecule has 0 aliphatic carbocycles. The molecular weight excluding hydrogens is 389 g/mol. The first-order valence-electron chi connectivity index (χ1n) is 8.85. The number of hydrogen-bond acceptors (Lipinski definition) is 4. The van der Waals surface area contributed by atoms with Crippen LogP contribution in [0.1, 0.15) is 5.56 Å². The maximum absolute atomic E-state index is 12.6. The minimum absolute atomic E-state index is 0.0654. The van der Waals surface area contributed by atoms with E-state index in [1.54, 1.807) is 47.0 Å². The molecule has 29 heavy (non-hydrogen) atoms. The first-order valence-corrected chi connectivity index (χ1v) is 8.85. The van der Waals surface area contributed by atoms with Crippen LogP contribution in [0.15, 0.2) is 41.7 Å². The summed E-state index contributed by atoms with van der Waals surface area (Å²) >= 11 is 0. The van der Waals surface area contributed by atoms with E-state index in [1.165, 1.54) is 18.2 Å². The molecule has 0 saturated carbocycles. The van der Waals surface area contributed by atoms with Crippen LogP contribution in [0.25, 0.3) is 0 Å². The Morgan fingerprint density at radius 3 is 2.69 bits per heavy atom. The van der Waals surface area contributed by atoms with E-state index in [0.29, 0.717) is 24.6 Å². The Labute approximate surface area is 165 Å². The topological polar surface area (TPSA) is 75.0 Å². The third-order valence-electron chi connectivity index (χ3n) is 4.37. The van der Waals surface area contributed by atoms with Crippen molar-refractivity contribution in [2.24, 2.45) is 12.0 Å². The van der Waals surface area contributed by atoms with Crippen LogP contribution < -0.4 is 15.0 Å². The fourth-order valence-electron chi connectivity index (χ4n) is 3.06. The molecule has 0 atom stereocenters. The number of carbonyl (C=O) groups is 1. The molecule has 8 nitrogen and oxygen atoms in total. The summed E-state index contributed by atoms with van der Waals surface area (Å²) in [5, 5.41) is 7.08. The molecule has 1 saturated heterocycles. The van der Waals surface area contributed by atoms with Gasteiger partial charge in [-0.1, -0.05) is 18.2 Å². The number of aryl methyl sites for hydroxylation is 1. The second-order valence-corrected chi connectivity index (χ2v) is 6.40. The number of nitrogens with zero attached hydrogens (tertiary/aromatic N) is 5. The van der Waals surface area contributed by atoms with Gasteiger partial charge in [-0.3, -0.25) is 14.5 Å². The summed E-state index contributed by atoms with van der Waals surface area (Å²) in [5.41, 5.74) is 1.05. The monoisotopic (exact) mass is 410 g/mol. The number of aromatic nitrogens is 2. The molecule has 1 aromatic carbocycles. The normalized spacial score (nSPS) is 15.6. The van der Waals surface area contributed by atoms with E-state index in [1.807, 2.05) is 0 Å². The summed E-state index contributed by atoms with van der Waals surface area (Å²) in [6, 6.07) is 5.88. The van der Waals surface area contributed by atoms with Gasteiger partial charge in [0, 0.05) is 45.5 Å². The number of halogens is 3. The van der Waals surface area contributed by atoms with Crippen LogP contribution in [-0.2, 0) is 18.4 Å². The first kappa shape index (κ1) is 20.5. The average Bonchev–Trinajstić information content (AvgIpc) is 3.08. The quantitative estimate of drug-likeness (QED) is 0.614. The van der Waals surface area contributed by atoms with Gasteiger partial charge < -0.3 is 19.9 Å². The molecule has 1 aliphatic rings. The fourth-order valence-corrected chi connectivity index (χ4v) is 3.06. The number of hydrogen-bond donors (Lipinski definition) is 1. The van der Waals surface area contributed by atoms with Crippen molar-refractivity contribution in [3.8, 4) is 5.75 Å². The number of alkyl halides is 3. The molecule has 0 bridgehead atoms. The van der Waals surface area contributed by atoms with Gasteiger partial charge in [0.15, 0.2) is 5.96 Å². The minimum Gasteiger partial charge on any atom is -0.405 e. The molecule has 11 heteroatoms. The van der Waals surface area contributed by atoms with Crippen LogP contribution in [-0.4, -0.2) is 59.6 Å². The molecule has 2 heterocycles. The Hall–Kier alpha value is -3.24. The summed E-state index contributed by atoms with van der Waals surface area (Å²) < 4.78 is 43.4. The number of benzene rings is 1. The van der Waals surface area contributed by atoms with Gasteiger partial charge in [-0.25, -0.2) is 0 Å². The molecule has 1 aromatic heterocycles. The molecule has 2 aromatic rings. The van der Waals surface area contributed by atoms with Crippen LogP contribution in [0.4, 0.5) is 18.9 Å². The lowest BCUT2D eigenvalue weighted by Crippen LogP contribution is -2.55. The highest BCUT2D eigenvalue weighted by Crippen LogP contribution is 2.26. The van der Waals surface area contributed by atoms with Gasteiger partial charge in [-0.2, -0.15) is 5.10 Å². The maximum Gasteiger partial charge on any atom is 0.573 e. The zero-order valence-electron chi connectivity index (χ0n) is 16.0. The predicted molar refractivity (Wildman–Crippen MR) is 100 cm³/mol. The number of para-hydroxylation sites is 1. The minimum atomic E-state index is -4.77. The van der Waals surface area contributed by atoms with Crippen molar-refractivity contribution in [3.05, 3.63) is 42.2 Å². The standard InChI is InChI=1S/C18H21F3N6O2/c1-22-17(23-9-13-5-3-4-6-15(13)29-18(19,20)21)26-7-8-27(16(28)12-26)14-10-24-25(2)11-14/h3-6,10-11H,7-9,12H2,1-2H3,(H,22,23). The Kier molecular flexibility index (Phi) is 5.95. The Morgan fingerprint density at radius 2 is 2.07 bits per heavy atom. The molecule has 1 fully saturated rings. The summed E-state index contributed by atoms with van der Waals surface area (Å²) in [6.45, 7) is 1.12. The SMILES string of the molecule is CN=C(NCc1ccccc1OC(F)(F)F)N1CCN(c2cnn(C)c2)C(=O)C1. The van der Waals surface area contributed by atoms with Crippen molar-refractivity contribution in [1.29, 1.82) is 0 Å². The number of amides is 1. The average molecular weight is 410 g/mol. The Balaban J connectivity index is 1.63. The van der Waals surface area contributed by atoms with Crippen LogP contribution in [0.2, 0.25) is 0 Å². The van der Waals surface area contributed by atoms with Crippen LogP contribution >= 0.6 is 0 Å². The van der Waals surface area contributed by atoms with E-state index in [-0.39, 0.29) is 24.7 Å². The molecule has 1 N–H and O–H groups in total. The lowest BCUT2D eigenvalue weighted by atomic mass is 10.2. The second-order valence-electron chi connectivity index (χ2n) is 6.40. The van der Waals surface area contributed by atoms with E-state index in [0.717, 1.165) is 5.69 Å². The van der Waals surface area contributed by atoms with Crippen molar-refractivity contribution in [1.82, 2.24) is 20.0 Å². The lowest BCUT2D eigenvalue weighted by Gasteiger charge is -2.35. The second kappa shape index (κ2) is 8.41. The Morgan fingerprint density at radius 1 is 1.31 bits per heavy atom. The third-order valence-corrected chi connectivity index (χ3v) is 4.37. The highest BCUT2D eigenvalue weighted by atomic mass is 19.4. The molecule has 1 amide bonds. The summed E-state index contributed by atoms with van der Waals surface area (Å²) in [6.07, 6.45) is -1.39. The summed E-state index contributed by atoms with van der Waals surface area (Å²) in [7, 11) is 3.33. The van der Waals surface area contributed by atoms with E-state index in [9.17, 15) is 18.0 Å². The molecule has 0 spiro atoms. The number of guanidine groups is 1. The van der Waals surface area contributed by atoms with Gasteiger partial charge in [0.2, 0.25) is 5.91 Å². The van der Waals surface area contributed by atoms with Crippen LogP contribution in [0.3, 0.4) is 0 Å². The molecule has 156 valence electrons. The van der Waals surface area contributed by atoms with Gasteiger partial charge in [0.1, 0.15) is 12.3 Å². The Bertz CT molecular complexity index is 896. The van der Waals surface area contributed by atoms with Gasteiger partial charge >= 0.3 is 6.36 Å². The van der Waals surface area contributed by atoms with Gasteiger partial charge in [0.25, 0.3) is 0 Å². The summed E-state index contributed by atoms with van der Waals surface area (Å²) in [4.78, 5) is 20.1. The van der Waals surface area contributed by atoms with Crippen molar-refractivity contribution in [3.63, 3.8) is 0 Å². The number of carbonyl (C=O) groups excluding carboxylic acids is 1. The first-order chi connectivity index (χ1) is 13.8. The van der Waals surface area contributed by atoms with E-state index in [4.69, 9.17) is 0 Å². The van der Waals surface area contributed by atoms with Crippen LogP contribution in [0, 0.1) is 0 Å². The van der Waals surface area contributed by atoms with E-state index < -0.39 is 6.36 Å². The highest BCUT2D eigenvalue weighted by molar-refractivity contribution is 5.98. The largest absolute Gasteiger partial charge is 0.573 e. The van der Waals surface area contributed by atoms with E-state index >= 15 is 0 Å². The molecule has 3 rings (SSSR count).